The van der Waals surface area contributed by atoms with E-state index in [1.54, 1.807) is 38.5 Å². The maximum Gasteiger partial charge on any atom is 0.163 e. The van der Waals surface area contributed by atoms with Crippen molar-refractivity contribution >= 4 is 34.0 Å². The first-order valence-corrected chi connectivity index (χ1v) is 8.66. The minimum atomic E-state index is -0.473. The predicted molar refractivity (Wildman–Crippen MR) is 103 cm³/mol. The van der Waals surface area contributed by atoms with Crippen LogP contribution in [0.3, 0.4) is 0 Å². The van der Waals surface area contributed by atoms with Gasteiger partial charge in [0.25, 0.3) is 0 Å². The third kappa shape index (κ3) is 4.56. The molecular weight excluding hydrogens is 373 g/mol. The number of halogens is 2. The summed E-state index contributed by atoms with van der Waals surface area (Å²) in [5.41, 5.74) is 0.905. The van der Waals surface area contributed by atoms with Gasteiger partial charge >= 0.3 is 0 Å². The SMILES string of the molecule is COCCCOc1cc2ncnc(Nc3ccc(Cl)cc3F)c2cc1OC. The monoisotopic (exact) mass is 391 g/mol. The molecule has 3 rings (SSSR count). The molecule has 1 aromatic heterocycles. The van der Waals surface area contributed by atoms with Gasteiger partial charge in [-0.3, -0.25) is 0 Å². The van der Waals surface area contributed by atoms with E-state index in [4.69, 9.17) is 25.8 Å². The molecule has 0 fully saturated rings. The largest absolute Gasteiger partial charge is 0.493 e. The molecule has 0 bridgehead atoms. The Bertz CT molecular complexity index is 939. The van der Waals surface area contributed by atoms with Crippen LogP contribution in [0.25, 0.3) is 10.9 Å². The van der Waals surface area contributed by atoms with Crippen LogP contribution in [0.4, 0.5) is 15.9 Å². The Balaban J connectivity index is 1.93. The zero-order valence-electron chi connectivity index (χ0n) is 15.0. The number of anilines is 2. The van der Waals surface area contributed by atoms with Crippen molar-refractivity contribution in [2.24, 2.45) is 0 Å². The Hall–Kier alpha value is -2.64. The number of aromatic nitrogens is 2. The maximum absolute atomic E-state index is 14.1. The highest BCUT2D eigenvalue weighted by atomic mass is 35.5. The van der Waals surface area contributed by atoms with Gasteiger partial charge in [-0.05, 0) is 24.3 Å². The molecular formula is C19H19ClFN3O3. The summed E-state index contributed by atoms with van der Waals surface area (Å²) in [6.45, 7) is 1.10. The molecule has 0 amide bonds. The van der Waals surface area contributed by atoms with Crippen molar-refractivity contribution in [3.05, 3.63) is 47.5 Å². The van der Waals surface area contributed by atoms with Gasteiger partial charge in [0.15, 0.2) is 11.5 Å². The van der Waals surface area contributed by atoms with Crippen molar-refractivity contribution in [1.82, 2.24) is 9.97 Å². The van der Waals surface area contributed by atoms with Crippen LogP contribution in [-0.4, -0.2) is 37.4 Å². The number of hydrogen-bond acceptors (Lipinski definition) is 6. The van der Waals surface area contributed by atoms with Gasteiger partial charge in [-0.1, -0.05) is 11.6 Å². The van der Waals surface area contributed by atoms with Gasteiger partial charge < -0.3 is 19.5 Å². The molecule has 142 valence electrons. The molecule has 1 heterocycles. The summed E-state index contributed by atoms with van der Waals surface area (Å²) in [4.78, 5) is 8.50. The topological polar surface area (TPSA) is 65.5 Å². The zero-order chi connectivity index (χ0) is 19.2. The van der Waals surface area contributed by atoms with Crippen LogP contribution in [0, 0.1) is 5.82 Å². The number of fused-ring (bicyclic) bond motifs is 1. The molecule has 0 aliphatic carbocycles. The molecule has 0 aliphatic rings. The summed E-state index contributed by atoms with van der Waals surface area (Å²) >= 11 is 5.80. The lowest BCUT2D eigenvalue weighted by Crippen LogP contribution is -2.03. The van der Waals surface area contributed by atoms with Crippen LogP contribution in [0.2, 0.25) is 5.02 Å². The molecule has 3 aromatic rings. The first-order chi connectivity index (χ1) is 13.1. The molecule has 8 heteroatoms. The van der Waals surface area contributed by atoms with Crippen LogP contribution >= 0.6 is 11.6 Å². The van der Waals surface area contributed by atoms with Crippen molar-refractivity contribution in [2.45, 2.75) is 6.42 Å². The highest BCUT2D eigenvalue weighted by Crippen LogP contribution is 2.35. The molecule has 2 aromatic carbocycles. The highest BCUT2D eigenvalue weighted by molar-refractivity contribution is 6.30. The average Bonchev–Trinajstić information content (AvgIpc) is 2.67. The van der Waals surface area contributed by atoms with Crippen molar-refractivity contribution in [2.75, 3.05) is 32.8 Å². The Kier molecular flexibility index (Phi) is 6.26. The maximum atomic E-state index is 14.1. The van der Waals surface area contributed by atoms with Crippen LogP contribution in [0.5, 0.6) is 11.5 Å². The van der Waals surface area contributed by atoms with Crippen LogP contribution < -0.4 is 14.8 Å². The second kappa shape index (κ2) is 8.83. The van der Waals surface area contributed by atoms with E-state index in [0.29, 0.717) is 46.5 Å². The Labute approximate surface area is 161 Å². The van der Waals surface area contributed by atoms with Gasteiger partial charge in [-0.25, -0.2) is 14.4 Å². The first-order valence-electron chi connectivity index (χ1n) is 8.29. The number of nitrogens with one attached hydrogen (secondary N) is 1. The van der Waals surface area contributed by atoms with Crippen molar-refractivity contribution < 1.29 is 18.6 Å². The molecule has 0 saturated heterocycles. The summed E-state index contributed by atoms with van der Waals surface area (Å²) in [6, 6.07) is 7.92. The molecule has 0 aliphatic heterocycles. The van der Waals surface area contributed by atoms with Crippen LogP contribution in [0.15, 0.2) is 36.7 Å². The third-order valence-corrected chi connectivity index (χ3v) is 4.09. The number of benzene rings is 2. The molecule has 0 spiro atoms. The molecule has 0 atom stereocenters. The Morgan fingerprint density at radius 2 is 1.93 bits per heavy atom. The number of nitrogens with zero attached hydrogens (tertiary/aromatic N) is 2. The second-order valence-electron chi connectivity index (χ2n) is 5.69. The molecule has 1 N–H and O–H groups in total. The van der Waals surface area contributed by atoms with Crippen molar-refractivity contribution in [3.63, 3.8) is 0 Å². The van der Waals surface area contributed by atoms with Crippen LogP contribution in [-0.2, 0) is 4.74 Å². The summed E-state index contributed by atoms with van der Waals surface area (Å²) in [6.07, 6.45) is 2.16. The van der Waals surface area contributed by atoms with E-state index in [0.717, 1.165) is 6.42 Å². The molecule has 27 heavy (non-hydrogen) atoms. The first kappa shape index (κ1) is 19.1. The lowest BCUT2D eigenvalue weighted by Gasteiger charge is -2.14. The molecule has 0 saturated carbocycles. The minimum absolute atomic E-state index is 0.262. The van der Waals surface area contributed by atoms with Gasteiger partial charge in [-0.15, -0.1) is 0 Å². The summed E-state index contributed by atoms with van der Waals surface area (Å²) in [5.74, 6) is 1.09. The highest BCUT2D eigenvalue weighted by Gasteiger charge is 2.13. The smallest absolute Gasteiger partial charge is 0.163 e. The number of rotatable bonds is 8. The molecule has 0 unspecified atom stereocenters. The minimum Gasteiger partial charge on any atom is -0.493 e. The van der Waals surface area contributed by atoms with E-state index in [2.05, 4.69) is 15.3 Å². The van der Waals surface area contributed by atoms with Crippen molar-refractivity contribution in [3.8, 4) is 11.5 Å². The molecule has 6 nitrogen and oxygen atoms in total. The quantitative estimate of drug-likeness (QED) is 0.566. The van der Waals surface area contributed by atoms with Gasteiger partial charge in [0.2, 0.25) is 0 Å². The fraction of sp³-hybridized carbons (Fsp3) is 0.263. The average molecular weight is 392 g/mol. The van der Waals surface area contributed by atoms with E-state index in [-0.39, 0.29) is 5.69 Å². The van der Waals surface area contributed by atoms with Gasteiger partial charge in [0.1, 0.15) is 18.0 Å². The normalized spacial score (nSPS) is 10.8. The number of ether oxygens (including phenoxy) is 3. The van der Waals surface area contributed by atoms with Gasteiger partial charge in [-0.2, -0.15) is 0 Å². The van der Waals surface area contributed by atoms with E-state index < -0.39 is 5.82 Å². The lowest BCUT2D eigenvalue weighted by molar-refractivity contribution is 0.170. The summed E-state index contributed by atoms with van der Waals surface area (Å²) in [7, 11) is 3.20. The van der Waals surface area contributed by atoms with E-state index in [1.165, 1.54) is 12.4 Å². The van der Waals surface area contributed by atoms with Gasteiger partial charge in [0.05, 0.1) is 24.9 Å². The predicted octanol–water partition coefficient (Wildman–Crippen LogP) is 4.59. The van der Waals surface area contributed by atoms with Crippen LogP contribution in [0.1, 0.15) is 6.42 Å². The Morgan fingerprint density at radius 3 is 2.67 bits per heavy atom. The fourth-order valence-corrected chi connectivity index (χ4v) is 2.70. The third-order valence-electron chi connectivity index (χ3n) is 3.86. The van der Waals surface area contributed by atoms with E-state index in [1.807, 2.05) is 0 Å². The Morgan fingerprint density at radius 1 is 1.07 bits per heavy atom. The summed E-state index contributed by atoms with van der Waals surface area (Å²) < 4.78 is 30.3. The van der Waals surface area contributed by atoms with E-state index in [9.17, 15) is 4.39 Å². The lowest BCUT2D eigenvalue weighted by atomic mass is 10.2. The number of hydrogen-bond donors (Lipinski definition) is 1. The standard InChI is InChI=1S/C19H19ClFN3O3/c1-25-6-3-7-27-18-10-16-13(9-17(18)26-2)19(23-11-22-16)24-15-5-4-12(20)8-14(15)21/h4-5,8-11H,3,6-7H2,1-2H3,(H,22,23,24). The molecule has 0 radical (unpaired) electrons. The van der Waals surface area contributed by atoms with E-state index >= 15 is 0 Å². The summed E-state index contributed by atoms with van der Waals surface area (Å²) in [5, 5.41) is 3.97. The number of methoxy groups -OCH3 is 2. The van der Waals surface area contributed by atoms with Crippen molar-refractivity contribution in [1.29, 1.82) is 0 Å². The fourth-order valence-electron chi connectivity index (χ4n) is 2.54. The second-order valence-corrected chi connectivity index (χ2v) is 6.12. The zero-order valence-corrected chi connectivity index (χ0v) is 15.7. The van der Waals surface area contributed by atoms with Gasteiger partial charge in [0, 0.05) is 36.6 Å².